The predicted molar refractivity (Wildman–Crippen MR) is 142 cm³/mol. The summed E-state index contributed by atoms with van der Waals surface area (Å²) in [6.45, 7) is 4.09. The number of amides is 1. The number of fused-ring (bicyclic) bond motifs is 1. The molecule has 1 atom stereocenters. The Morgan fingerprint density at radius 1 is 1.08 bits per heavy atom. The summed E-state index contributed by atoms with van der Waals surface area (Å²) >= 11 is 12.3. The van der Waals surface area contributed by atoms with Gasteiger partial charge in [0.1, 0.15) is 24.7 Å². The van der Waals surface area contributed by atoms with Crippen LogP contribution < -0.4 is 15.4 Å². The van der Waals surface area contributed by atoms with Crippen LogP contribution in [0.4, 0.5) is 11.6 Å². The molecule has 3 aromatic carbocycles. The van der Waals surface area contributed by atoms with Crippen LogP contribution in [0.3, 0.4) is 0 Å². The van der Waals surface area contributed by atoms with Gasteiger partial charge in [-0.15, -0.1) is 0 Å². The molecule has 2 N–H and O–H groups in total. The predicted octanol–water partition coefficient (Wildman–Crippen LogP) is 6.40. The molecule has 182 valence electrons. The van der Waals surface area contributed by atoms with Crippen molar-refractivity contribution in [2.45, 2.75) is 26.5 Å². The maximum Gasteiger partial charge on any atom is 0.255 e. The van der Waals surface area contributed by atoms with E-state index in [0.717, 1.165) is 22.4 Å². The topological polar surface area (TPSA) is 81.1 Å². The molecular weight excluding hydrogens is 497 g/mol. The number of ether oxygens (including phenoxy) is 1. The number of anilines is 2. The van der Waals surface area contributed by atoms with Crippen molar-refractivity contribution in [3.63, 3.8) is 0 Å². The van der Waals surface area contributed by atoms with Crippen molar-refractivity contribution in [1.82, 2.24) is 14.8 Å². The highest BCUT2D eigenvalue weighted by atomic mass is 35.5. The van der Waals surface area contributed by atoms with Crippen LogP contribution in [0.2, 0.25) is 10.0 Å². The number of allylic oxidation sites excluding steroid dienone is 1. The molecule has 1 amide bonds. The number of rotatable bonds is 6. The van der Waals surface area contributed by atoms with Crippen LogP contribution in [0, 0.1) is 6.92 Å². The van der Waals surface area contributed by atoms with E-state index in [1.165, 1.54) is 6.33 Å². The normalized spacial score (nSPS) is 14.7. The lowest BCUT2D eigenvalue weighted by atomic mass is 9.94. The molecular formula is C27H23Cl2N5O2. The average Bonchev–Trinajstić information content (AvgIpc) is 3.32. The highest BCUT2D eigenvalue weighted by Gasteiger charge is 2.33. The smallest absolute Gasteiger partial charge is 0.255 e. The molecule has 0 fully saturated rings. The molecule has 1 aliphatic heterocycles. The fourth-order valence-corrected chi connectivity index (χ4v) is 4.63. The van der Waals surface area contributed by atoms with Gasteiger partial charge in [-0.3, -0.25) is 4.79 Å². The number of hydrogen-bond acceptors (Lipinski definition) is 5. The number of benzene rings is 3. The van der Waals surface area contributed by atoms with Gasteiger partial charge in [-0.2, -0.15) is 10.1 Å². The molecule has 7 nitrogen and oxygen atoms in total. The minimum absolute atomic E-state index is 0.222. The molecule has 1 aromatic heterocycles. The van der Waals surface area contributed by atoms with E-state index in [1.807, 2.05) is 68.4 Å². The van der Waals surface area contributed by atoms with E-state index in [9.17, 15) is 4.79 Å². The van der Waals surface area contributed by atoms with Gasteiger partial charge in [-0.05, 0) is 55.3 Å². The van der Waals surface area contributed by atoms with Gasteiger partial charge in [0, 0.05) is 27.0 Å². The summed E-state index contributed by atoms with van der Waals surface area (Å²) in [6.07, 6.45) is 1.47. The third kappa shape index (κ3) is 4.80. The van der Waals surface area contributed by atoms with Crippen molar-refractivity contribution < 1.29 is 9.53 Å². The van der Waals surface area contributed by atoms with Crippen LogP contribution in [0.25, 0.3) is 0 Å². The number of nitrogens with one attached hydrogen (secondary N) is 2. The molecule has 9 heteroatoms. The molecule has 2 heterocycles. The molecule has 0 saturated heterocycles. The highest BCUT2D eigenvalue weighted by molar-refractivity contribution is 6.35. The van der Waals surface area contributed by atoms with Crippen molar-refractivity contribution in [3.05, 3.63) is 111 Å². The lowest BCUT2D eigenvalue weighted by molar-refractivity contribution is -0.113. The summed E-state index contributed by atoms with van der Waals surface area (Å²) in [5, 5.41) is 11.8. The van der Waals surface area contributed by atoms with Crippen LogP contribution >= 0.6 is 23.2 Å². The van der Waals surface area contributed by atoms with Gasteiger partial charge in [0.2, 0.25) is 5.95 Å². The van der Waals surface area contributed by atoms with E-state index in [0.29, 0.717) is 33.0 Å². The Kier molecular flexibility index (Phi) is 6.67. The van der Waals surface area contributed by atoms with Gasteiger partial charge in [0.15, 0.2) is 0 Å². The number of halogens is 2. The van der Waals surface area contributed by atoms with Gasteiger partial charge in [0.25, 0.3) is 5.91 Å². The number of aryl methyl sites for hydroxylation is 1. The summed E-state index contributed by atoms with van der Waals surface area (Å²) in [5.41, 5.74) is 4.61. The zero-order chi connectivity index (χ0) is 25.2. The van der Waals surface area contributed by atoms with Gasteiger partial charge < -0.3 is 15.4 Å². The molecule has 0 saturated carbocycles. The Labute approximate surface area is 218 Å². The number of para-hydroxylation sites is 1. The maximum absolute atomic E-state index is 13.6. The first-order chi connectivity index (χ1) is 17.4. The molecule has 5 rings (SSSR count). The zero-order valence-electron chi connectivity index (χ0n) is 19.6. The van der Waals surface area contributed by atoms with Crippen LogP contribution in [-0.4, -0.2) is 20.7 Å². The van der Waals surface area contributed by atoms with Crippen molar-refractivity contribution in [1.29, 1.82) is 0 Å². The first-order valence-corrected chi connectivity index (χ1v) is 12.1. The third-order valence-corrected chi connectivity index (χ3v) is 6.60. The molecule has 0 radical (unpaired) electrons. The van der Waals surface area contributed by atoms with E-state index >= 15 is 0 Å². The quantitative estimate of drug-likeness (QED) is 0.308. The highest BCUT2D eigenvalue weighted by Crippen LogP contribution is 2.36. The lowest BCUT2D eigenvalue weighted by Gasteiger charge is -2.29. The number of carbonyl (C=O) groups excluding carboxylic acids is 1. The summed E-state index contributed by atoms with van der Waals surface area (Å²) in [4.78, 5) is 17.9. The van der Waals surface area contributed by atoms with Crippen molar-refractivity contribution in [2.24, 2.45) is 0 Å². The molecule has 1 unspecified atom stereocenters. The van der Waals surface area contributed by atoms with Crippen LogP contribution in [-0.2, 0) is 11.4 Å². The van der Waals surface area contributed by atoms with E-state index in [2.05, 4.69) is 20.7 Å². The second-order valence-corrected chi connectivity index (χ2v) is 9.30. The van der Waals surface area contributed by atoms with E-state index < -0.39 is 6.04 Å². The Morgan fingerprint density at radius 3 is 2.72 bits per heavy atom. The van der Waals surface area contributed by atoms with Crippen LogP contribution in [0.15, 0.2) is 84.3 Å². The number of hydrogen-bond donors (Lipinski definition) is 2. The van der Waals surface area contributed by atoms with Crippen LogP contribution in [0.5, 0.6) is 5.75 Å². The van der Waals surface area contributed by atoms with E-state index in [4.69, 9.17) is 27.9 Å². The third-order valence-electron chi connectivity index (χ3n) is 6.02. The molecule has 0 aliphatic carbocycles. The molecule has 4 aromatic rings. The van der Waals surface area contributed by atoms with Gasteiger partial charge in [-0.25, -0.2) is 4.68 Å². The number of nitrogens with zero attached hydrogens (tertiary/aromatic N) is 3. The zero-order valence-corrected chi connectivity index (χ0v) is 21.1. The molecule has 36 heavy (non-hydrogen) atoms. The Hall–Kier alpha value is -3.81. The fraction of sp³-hybridized carbons (Fsp3) is 0.148. The van der Waals surface area contributed by atoms with Gasteiger partial charge in [0.05, 0.1) is 5.57 Å². The van der Waals surface area contributed by atoms with Gasteiger partial charge in [-0.1, -0.05) is 59.6 Å². The standard InChI is InChI=1S/C27H23Cl2N5O2/c1-16-6-3-4-9-23(16)33-26(35)24-17(2)32-27-30-15-31-34(27)25(24)18-7-5-8-21(12-18)36-14-19-10-11-20(28)13-22(19)29/h3-13,15,25H,14H2,1-2H3,(H,33,35)(H,30,31,32). The summed E-state index contributed by atoms with van der Waals surface area (Å²) < 4.78 is 7.75. The van der Waals surface area contributed by atoms with Crippen molar-refractivity contribution in [3.8, 4) is 5.75 Å². The maximum atomic E-state index is 13.6. The van der Waals surface area contributed by atoms with Crippen LogP contribution in [0.1, 0.15) is 29.7 Å². The number of aromatic nitrogens is 3. The second kappa shape index (κ2) is 10.0. The Morgan fingerprint density at radius 2 is 1.92 bits per heavy atom. The summed E-state index contributed by atoms with van der Waals surface area (Å²) in [7, 11) is 0. The first kappa shape index (κ1) is 23.9. The fourth-order valence-electron chi connectivity index (χ4n) is 4.17. The second-order valence-electron chi connectivity index (χ2n) is 8.46. The largest absolute Gasteiger partial charge is 0.489 e. The first-order valence-electron chi connectivity index (χ1n) is 11.3. The molecule has 0 bridgehead atoms. The minimum atomic E-state index is -0.504. The van der Waals surface area contributed by atoms with E-state index in [-0.39, 0.29) is 12.5 Å². The SMILES string of the molecule is CC1=C(C(=O)Nc2ccccc2C)C(c2cccc(OCc3ccc(Cl)cc3Cl)c2)n2ncnc2N1. The minimum Gasteiger partial charge on any atom is -0.489 e. The Bertz CT molecular complexity index is 1480. The van der Waals surface area contributed by atoms with Gasteiger partial charge >= 0.3 is 0 Å². The molecule has 0 spiro atoms. The molecule has 1 aliphatic rings. The van der Waals surface area contributed by atoms with E-state index in [1.54, 1.807) is 16.8 Å². The summed E-state index contributed by atoms with van der Waals surface area (Å²) in [5.74, 6) is 0.971. The van der Waals surface area contributed by atoms with Crippen molar-refractivity contribution >= 4 is 40.7 Å². The summed E-state index contributed by atoms with van der Waals surface area (Å²) in [6, 6.07) is 20.1. The van der Waals surface area contributed by atoms with Crippen molar-refractivity contribution in [2.75, 3.05) is 10.6 Å². The number of carbonyl (C=O) groups is 1. The monoisotopic (exact) mass is 519 g/mol. The lowest BCUT2D eigenvalue weighted by Crippen LogP contribution is -2.31. The Balaban J connectivity index is 1.46. The average molecular weight is 520 g/mol.